The van der Waals surface area contributed by atoms with Crippen LogP contribution in [0.4, 0.5) is 0 Å². The number of rotatable bonds is 7. The van der Waals surface area contributed by atoms with Gasteiger partial charge in [-0.1, -0.05) is 6.92 Å². The highest BCUT2D eigenvalue weighted by molar-refractivity contribution is 5.78. The van der Waals surface area contributed by atoms with Gasteiger partial charge in [0.25, 0.3) is 0 Å². The van der Waals surface area contributed by atoms with Crippen molar-refractivity contribution in [3.63, 3.8) is 0 Å². The van der Waals surface area contributed by atoms with Crippen LogP contribution in [0.25, 0.3) is 0 Å². The molecule has 0 radical (unpaired) electrons. The Kier molecular flexibility index (Phi) is 6.42. The molecule has 4 nitrogen and oxygen atoms in total. The minimum atomic E-state index is -0.00760. The summed E-state index contributed by atoms with van der Waals surface area (Å²) in [5, 5.41) is 2.96. The van der Waals surface area contributed by atoms with Gasteiger partial charge in [0.05, 0.1) is 0 Å². The molecular formula is C12H25N3O. The molecule has 1 aliphatic rings. The summed E-state index contributed by atoms with van der Waals surface area (Å²) >= 11 is 0. The molecule has 1 aliphatic heterocycles. The van der Waals surface area contributed by atoms with Gasteiger partial charge in [-0.3, -0.25) is 4.79 Å². The van der Waals surface area contributed by atoms with Crippen molar-refractivity contribution in [2.75, 3.05) is 32.7 Å². The molecule has 0 bridgehead atoms. The average Bonchev–Trinajstić information content (AvgIpc) is 2.79. The molecule has 94 valence electrons. The molecule has 0 spiro atoms. The molecule has 0 aromatic heterocycles. The van der Waals surface area contributed by atoms with Crippen LogP contribution in [-0.4, -0.2) is 43.5 Å². The van der Waals surface area contributed by atoms with Crippen LogP contribution in [0.3, 0.4) is 0 Å². The summed E-state index contributed by atoms with van der Waals surface area (Å²) in [5.74, 6) is 0.109. The van der Waals surface area contributed by atoms with E-state index in [0.29, 0.717) is 6.54 Å². The second-order valence-electron chi connectivity index (χ2n) is 4.53. The van der Waals surface area contributed by atoms with Crippen molar-refractivity contribution >= 4 is 5.91 Å². The van der Waals surface area contributed by atoms with E-state index >= 15 is 0 Å². The van der Waals surface area contributed by atoms with Gasteiger partial charge < -0.3 is 16.0 Å². The zero-order valence-electron chi connectivity index (χ0n) is 10.4. The Balaban J connectivity index is 2.03. The van der Waals surface area contributed by atoms with Gasteiger partial charge in [0.1, 0.15) is 0 Å². The van der Waals surface area contributed by atoms with Crippen LogP contribution in [0.5, 0.6) is 0 Å². The molecule has 0 aromatic rings. The first kappa shape index (κ1) is 13.5. The van der Waals surface area contributed by atoms with Crippen LogP contribution < -0.4 is 11.1 Å². The lowest BCUT2D eigenvalue weighted by molar-refractivity contribution is -0.124. The Morgan fingerprint density at radius 1 is 1.44 bits per heavy atom. The van der Waals surface area contributed by atoms with E-state index in [-0.39, 0.29) is 11.8 Å². The molecule has 1 rings (SSSR count). The zero-order chi connectivity index (χ0) is 11.8. The van der Waals surface area contributed by atoms with Crippen LogP contribution in [0.1, 0.15) is 32.6 Å². The second-order valence-corrected chi connectivity index (χ2v) is 4.53. The first-order valence-corrected chi connectivity index (χ1v) is 6.48. The van der Waals surface area contributed by atoms with Gasteiger partial charge in [-0.25, -0.2) is 0 Å². The van der Waals surface area contributed by atoms with Gasteiger partial charge in [0.2, 0.25) is 5.91 Å². The smallest absolute Gasteiger partial charge is 0.224 e. The lowest BCUT2D eigenvalue weighted by Crippen LogP contribution is -2.36. The van der Waals surface area contributed by atoms with Crippen molar-refractivity contribution in [3.8, 4) is 0 Å². The maximum absolute atomic E-state index is 11.6. The van der Waals surface area contributed by atoms with Crippen LogP contribution in [0.2, 0.25) is 0 Å². The SMILES string of the molecule is CCC(CN)C(=O)NCCCN1CCCC1. The number of carbonyl (C=O) groups excluding carboxylic acids is 1. The third-order valence-electron chi connectivity index (χ3n) is 3.30. The molecule has 0 aliphatic carbocycles. The quantitative estimate of drug-likeness (QED) is 0.625. The van der Waals surface area contributed by atoms with E-state index in [4.69, 9.17) is 5.73 Å². The number of hydrogen-bond acceptors (Lipinski definition) is 3. The molecule has 1 fully saturated rings. The highest BCUT2D eigenvalue weighted by atomic mass is 16.1. The number of nitrogens with zero attached hydrogens (tertiary/aromatic N) is 1. The Morgan fingerprint density at radius 3 is 2.69 bits per heavy atom. The first-order chi connectivity index (χ1) is 7.77. The minimum Gasteiger partial charge on any atom is -0.356 e. The number of nitrogens with two attached hydrogens (primary N) is 1. The molecule has 1 heterocycles. The molecule has 4 heteroatoms. The Bertz CT molecular complexity index is 198. The summed E-state index contributed by atoms with van der Waals surface area (Å²) in [6.45, 7) is 6.81. The molecule has 1 amide bonds. The minimum absolute atomic E-state index is 0.00760. The number of likely N-dealkylation sites (tertiary alicyclic amines) is 1. The first-order valence-electron chi connectivity index (χ1n) is 6.48. The van der Waals surface area contributed by atoms with Crippen molar-refractivity contribution in [3.05, 3.63) is 0 Å². The van der Waals surface area contributed by atoms with Crippen molar-refractivity contribution in [1.82, 2.24) is 10.2 Å². The van der Waals surface area contributed by atoms with Gasteiger partial charge in [-0.15, -0.1) is 0 Å². The van der Waals surface area contributed by atoms with Crippen LogP contribution in [-0.2, 0) is 4.79 Å². The Morgan fingerprint density at radius 2 is 2.12 bits per heavy atom. The van der Waals surface area contributed by atoms with E-state index in [1.807, 2.05) is 6.92 Å². The summed E-state index contributed by atoms with van der Waals surface area (Å²) in [6.07, 6.45) is 4.54. The zero-order valence-corrected chi connectivity index (χ0v) is 10.4. The van der Waals surface area contributed by atoms with E-state index in [0.717, 1.165) is 25.9 Å². The molecule has 16 heavy (non-hydrogen) atoms. The maximum atomic E-state index is 11.6. The van der Waals surface area contributed by atoms with Crippen molar-refractivity contribution < 1.29 is 4.79 Å². The fraction of sp³-hybridized carbons (Fsp3) is 0.917. The van der Waals surface area contributed by atoms with E-state index in [1.54, 1.807) is 0 Å². The van der Waals surface area contributed by atoms with E-state index < -0.39 is 0 Å². The number of hydrogen-bond donors (Lipinski definition) is 2. The van der Waals surface area contributed by atoms with Gasteiger partial charge in [-0.2, -0.15) is 0 Å². The second kappa shape index (κ2) is 7.63. The topological polar surface area (TPSA) is 58.4 Å². The molecular weight excluding hydrogens is 202 g/mol. The van der Waals surface area contributed by atoms with Gasteiger partial charge in [-0.05, 0) is 45.3 Å². The summed E-state index contributed by atoms with van der Waals surface area (Å²) in [6, 6.07) is 0. The lowest BCUT2D eigenvalue weighted by Gasteiger charge is -2.16. The van der Waals surface area contributed by atoms with Crippen LogP contribution in [0.15, 0.2) is 0 Å². The largest absolute Gasteiger partial charge is 0.356 e. The summed E-state index contributed by atoms with van der Waals surface area (Å²) in [5.41, 5.74) is 5.52. The number of carbonyl (C=O) groups is 1. The third kappa shape index (κ3) is 4.49. The molecule has 0 saturated carbocycles. The fourth-order valence-electron chi connectivity index (χ4n) is 2.12. The summed E-state index contributed by atoms with van der Waals surface area (Å²) < 4.78 is 0. The molecule has 0 aromatic carbocycles. The molecule has 3 N–H and O–H groups in total. The van der Waals surface area contributed by atoms with Crippen LogP contribution in [0, 0.1) is 5.92 Å². The van der Waals surface area contributed by atoms with Gasteiger partial charge >= 0.3 is 0 Å². The Labute approximate surface area is 98.6 Å². The van der Waals surface area contributed by atoms with Crippen molar-refractivity contribution in [1.29, 1.82) is 0 Å². The van der Waals surface area contributed by atoms with Crippen LogP contribution >= 0.6 is 0 Å². The van der Waals surface area contributed by atoms with Gasteiger partial charge in [0, 0.05) is 19.0 Å². The predicted octanol–water partition coefficient (Wildman–Crippen LogP) is 0.573. The van der Waals surface area contributed by atoms with Crippen molar-refractivity contribution in [2.45, 2.75) is 32.6 Å². The number of amides is 1. The normalized spacial score (nSPS) is 18.6. The molecule has 1 atom stereocenters. The summed E-state index contributed by atoms with van der Waals surface area (Å²) in [4.78, 5) is 14.1. The van der Waals surface area contributed by atoms with E-state index in [2.05, 4.69) is 10.2 Å². The van der Waals surface area contributed by atoms with E-state index in [1.165, 1.54) is 25.9 Å². The monoisotopic (exact) mass is 227 g/mol. The van der Waals surface area contributed by atoms with E-state index in [9.17, 15) is 4.79 Å². The maximum Gasteiger partial charge on any atom is 0.224 e. The van der Waals surface area contributed by atoms with Crippen molar-refractivity contribution in [2.24, 2.45) is 11.7 Å². The molecule has 1 saturated heterocycles. The number of nitrogens with one attached hydrogen (secondary N) is 1. The predicted molar refractivity (Wildman–Crippen MR) is 66.1 cm³/mol. The average molecular weight is 227 g/mol. The standard InChI is InChI=1S/C12H25N3O/c1-2-11(10-13)12(16)14-6-5-9-15-7-3-4-8-15/h11H,2-10,13H2,1H3,(H,14,16). The lowest BCUT2D eigenvalue weighted by atomic mass is 10.1. The Hall–Kier alpha value is -0.610. The highest BCUT2D eigenvalue weighted by Gasteiger charge is 2.14. The van der Waals surface area contributed by atoms with Gasteiger partial charge in [0.15, 0.2) is 0 Å². The summed E-state index contributed by atoms with van der Waals surface area (Å²) in [7, 11) is 0. The molecule has 1 unspecified atom stereocenters. The highest BCUT2D eigenvalue weighted by Crippen LogP contribution is 2.07. The fourth-order valence-corrected chi connectivity index (χ4v) is 2.12. The third-order valence-corrected chi connectivity index (χ3v) is 3.30.